The quantitative estimate of drug-likeness (QED) is 0.400. The van der Waals surface area contributed by atoms with Gasteiger partial charge in [0.1, 0.15) is 17.1 Å². The molecule has 8 nitrogen and oxygen atoms in total. The number of ether oxygens (including phenoxy) is 1. The summed E-state index contributed by atoms with van der Waals surface area (Å²) in [7, 11) is -4.38. The molecular formula is C27H27F3N4O4S. The van der Waals surface area contributed by atoms with Gasteiger partial charge >= 0.3 is 6.18 Å². The third kappa shape index (κ3) is 6.39. The fraction of sp³-hybridized carbons (Fsp3) is 0.296. The van der Waals surface area contributed by atoms with E-state index in [9.17, 15) is 26.4 Å². The minimum Gasteiger partial charge on any atom is -0.438 e. The molecule has 1 aliphatic rings. The van der Waals surface area contributed by atoms with Gasteiger partial charge in [-0.25, -0.2) is 14.7 Å². The molecule has 1 amide bonds. The number of nitrogens with zero attached hydrogens (tertiary/aromatic N) is 2. The Hall–Kier alpha value is -3.93. The second-order valence-corrected chi connectivity index (χ2v) is 11.1. The summed E-state index contributed by atoms with van der Waals surface area (Å²) in [6.07, 6.45) is -2.92. The molecule has 0 bridgehead atoms. The van der Waals surface area contributed by atoms with Gasteiger partial charge in [0.15, 0.2) is 5.03 Å². The Bertz CT molecular complexity index is 1550. The number of alkyl halides is 3. The topological polar surface area (TPSA) is 124 Å². The van der Waals surface area contributed by atoms with E-state index in [1.54, 1.807) is 0 Å². The summed E-state index contributed by atoms with van der Waals surface area (Å²) in [5.41, 5.74) is 8.82. The first kappa shape index (κ1) is 28.1. The Balaban J connectivity index is 1.72. The molecule has 206 valence electrons. The third-order valence-corrected chi connectivity index (χ3v) is 7.59. The van der Waals surface area contributed by atoms with E-state index in [1.807, 2.05) is 37.6 Å². The Morgan fingerprint density at radius 2 is 1.77 bits per heavy atom. The number of anilines is 1. The average Bonchev–Trinajstić information content (AvgIpc) is 2.85. The summed E-state index contributed by atoms with van der Waals surface area (Å²) in [6, 6.07) is 10.5. The molecule has 4 rings (SSSR count). The normalized spacial score (nSPS) is 15.9. The number of sulfonamides is 1. The van der Waals surface area contributed by atoms with E-state index in [0.717, 1.165) is 16.7 Å². The smallest absolute Gasteiger partial charge is 0.392 e. The van der Waals surface area contributed by atoms with Crippen LogP contribution in [-0.4, -0.2) is 30.5 Å². The number of hydrogen-bond acceptors (Lipinski definition) is 7. The molecule has 0 saturated heterocycles. The Kier molecular flexibility index (Phi) is 7.69. The predicted molar refractivity (Wildman–Crippen MR) is 140 cm³/mol. The number of benzene rings is 1. The maximum Gasteiger partial charge on any atom is 0.392 e. The van der Waals surface area contributed by atoms with Crippen molar-refractivity contribution in [2.75, 3.05) is 5.73 Å². The highest BCUT2D eigenvalue weighted by Crippen LogP contribution is 2.40. The minimum atomic E-state index is -4.38. The number of halogens is 3. The summed E-state index contributed by atoms with van der Waals surface area (Å²) >= 11 is 0. The Morgan fingerprint density at radius 3 is 2.36 bits per heavy atom. The molecule has 3 N–H and O–H groups in total. The molecule has 2 heterocycles. The zero-order chi connectivity index (χ0) is 28.5. The largest absolute Gasteiger partial charge is 0.438 e. The average molecular weight is 561 g/mol. The number of aromatic nitrogens is 2. The molecule has 1 atom stereocenters. The molecule has 1 unspecified atom stereocenters. The van der Waals surface area contributed by atoms with Crippen LogP contribution in [0.3, 0.4) is 0 Å². The van der Waals surface area contributed by atoms with Crippen molar-refractivity contribution in [3.8, 4) is 11.6 Å². The number of amides is 1. The summed E-state index contributed by atoms with van der Waals surface area (Å²) in [5.74, 6) is -2.25. The van der Waals surface area contributed by atoms with Crippen LogP contribution in [0.5, 0.6) is 11.6 Å². The van der Waals surface area contributed by atoms with Gasteiger partial charge in [-0.15, -0.1) is 0 Å². The Morgan fingerprint density at radius 1 is 1.08 bits per heavy atom. The van der Waals surface area contributed by atoms with Gasteiger partial charge in [-0.1, -0.05) is 29.8 Å². The van der Waals surface area contributed by atoms with Gasteiger partial charge in [0.2, 0.25) is 5.88 Å². The fourth-order valence-electron chi connectivity index (χ4n) is 4.47. The van der Waals surface area contributed by atoms with Crippen molar-refractivity contribution in [2.24, 2.45) is 5.92 Å². The second-order valence-electron chi connectivity index (χ2n) is 9.46. The van der Waals surface area contributed by atoms with Gasteiger partial charge in [0.05, 0.1) is 11.6 Å². The number of carbonyl (C=O) groups excluding carboxylic acids is 1. The van der Waals surface area contributed by atoms with Crippen LogP contribution in [0.2, 0.25) is 0 Å². The molecule has 0 saturated carbocycles. The maximum absolute atomic E-state index is 13.2. The third-order valence-electron chi connectivity index (χ3n) is 6.36. The monoisotopic (exact) mass is 560 g/mol. The number of allylic oxidation sites excluding steroid dienone is 2. The SMILES string of the molecule is Cc1cc(C)c(Oc2nc(C3=CCC(C(F)(F)F)CC3)ccc2C(=O)NS(=O)(=O)c2cccc(N)n2)c(C)c1. The molecule has 39 heavy (non-hydrogen) atoms. The van der Waals surface area contributed by atoms with E-state index < -0.39 is 33.1 Å². The number of nitrogens with two attached hydrogens (primary N) is 1. The van der Waals surface area contributed by atoms with Crippen LogP contribution in [0.4, 0.5) is 19.0 Å². The molecule has 12 heteroatoms. The first-order chi connectivity index (χ1) is 18.2. The first-order valence-corrected chi connectivity index (χ1v) is 13.6. The molecule has 3 aromatic rings. The lowest BCUT2D eigenvalue weighted by atomic mass is 9.87. The van der Waals surface area contributed by atoms with Crippen LogP contribution >= 0.6 is 0 Å². The molecule has 0 aliphatic heterocycles. The van der Waals surface area contributed by atoms with Crippen molar-refractivity contribution in [1.29, 1.82) is 0 Å². The van der Waals surface area contributed by atoms with Crippen molar-refractivity contribution in [1.82, 2.24) is 14.7 Å². The standard InChI is InChI=1S/C27H27F3N4O4S/c1-15-13-16(2)24(17(3)14-15)38-26-20(25(35)34-39(36,37)23-6-4-5-22(31)33-23)11-12-21(32-26)18-7-9-19(10-8-18)27(28,29)30/h4-7,11-14,19H,8-10H2,1-3H3,(H2,31,33)(H,34,35). The van der Waals surface area contributed by atoms with E-state index in [-0.39, 0.29) is 36.5 Å². The van der Waals surface area contributed by atoms with Gasteiger partial charge in [0.25, 0.3) is 15.9 Å². The second kappa shape index (κ2) is 10.7. The zero-order valence-corrected chi connectivity index (χ0v) is 22.3. The molecule has 0 radical (unpaired) electrons. The highest BCUT2D eigenvalue weighted by atomic mass is 32.2. The first-order valence-electron chi connectivity index (χ1n) is 12.1. The summed E-state index contributed by atoms with van der Waals surface area (Å²) in [4.78, 5) is 21.4. The van der Waals surface area contributed by atoms with Crippen LogP contribution in [0.25, 0.3) is 5.57 Å². The molecule has 0 fully saturated rings. The van der Waals surface area contributed by atoms with Gasteiger partial charge in [-0.05, 0) is 81.0 Å². The molecule has 1 aromatic carbocycles. The van der Waals surface area contributed by atoms with E-state index >= 15 is 0 Å². The lowest BCUT2D eigenvalue weighted by molar-refractivity contribution is -0.175. The minimum absolute atomic E-state index is 0.0424. The van der Waals surface area contributed by atoms with Gasteiger partial charge in [-0.2, -0.15) is 21.6 Å². The van der Waals surface area contributed by atoms with E-state index in [2.05, 4.69) is 9.97 Å². The van der Waals surface area contributed by atoms with Crippen molar-refractivity contribution in [2.45, 2.75) is 51.2 Å². The zero-order valence-electron chi connectivity index (χ0n) is 21.5. The van der Waals surface area contributed by atoms with Crippen LogP contribution in [0, 0.1) is 26.7 Å². The van der Waals surface area contributed by atoms with Gasteiger partial charge < -0.3 is 10.5 Å². The van der Waals surface area contributed by atoms with E-state index in [0.29, 0.717) is 17.0 Å². The number of nitrogens with one attached hydrogen (secondary N) is 1. The van der Waals surface area contributed by atoms with Crippen LogP contribution in [-0.2, 0) is 10.0 Å². The van der Waals surface area contributed by atoms with Crippen LogP contribution < -0.4 is 15.2 Å². The number of pyridine rings is 2. The van der Waals surface area contributed by atoms with Gasteiger partial charge in [-0.3, -0.25) is 4.79 Å². The van der Waals surface area contributed by atoms with Crippen molar-refractivity contribution < 1.29 is 31.1 Å². The van der Waals surface area contributed by atoms with Crippen molar-refractivity contribution in [3.05, 3.63) is 76.5 Å². The van der Waals surface area contributed by atoms with Crippen molar-refractivity contribution in [3.63, 3.8) is 0 Å². The molecule has 1 aliphatic carbocycles. The molecule has 2 aromatic heterocycles. The lowest BCUT2D eigenvalue weighted by Gasteiger charge is -2.24. The highest BCUT2D eigenvalue weighted by molar-refractivity contribution is 7.90. The lowest BCUT2D eigenvalue weighted by Crippen LogP contribution is -2.31. The summed E-state index contributed by atoms with van der Waals surface area (Å²) in [5, 5.41) is -0.445. The van der Waals surface area contributed by atoms with E-state index in [4.69, 9.17) is 10.5 Å². The molecule has 0 spiro atoms. The van der Waals surface area contributed by atoms with E-state index in [1.165, 1.54) is 36.4 Å². The summed E-state index contributed by atoms with van der Waals surface area (Å²) < 4.78 is 73.0. The van der Waals surface area contributed by atoms with Crippen LogP contribution in [0.1, 0.15) is 52.0 Å². The van der Waals surface area contributed by atoms with Crippen molar-refractivity contribution >= 4 is 27.3 Å². The highest BCUT2D eigenvalue weighted by Gasteiger charge is 2.40. The number of rotatable bonds is 6. The number of hydrogen-bond donors (Lipinski definition) is 2. The number of carbonyl (C=O) groups is 1. The number of aryl methyl sites for hydroxylation is 3. The predicted octanol–water partition coefficient (Wildman–Crippen LogP) is 5.64. The fourth-order valence-corrected chi connectivity index (χ4v) is 5.41. The molecular weight excluding hydrogens is 533 g/mol. The van der Waals surface area contributed by atoms with Gasteiger partial charge in [0, 0.05) is 0 Å². The van der Waals surface area contributed by atoms with Crippen LogP contribution in [0.15, 0.2) is 53.6 Å². The number of nitrogen functional groups attached to an aromatic ring is 1. The maximum atomic E-state index is 13.2. The summed E-state index contributed by atoms with van der Waals surface area (Å²) in [6.45, 7) is 5.55. The Labute approximate surface area is 224 Å².